The summed E-state index contributed by atoms with van der Waals surface area (Å²) >= 11 is 0. The molecule has 2 N–H and O–H groups in total. The molecule has 2 saturated heterocycles. The van der Waals surface area contributed by atoms with Crippen molar-refractivity contribution in [3.63, 3.8) is 0 Å². The van der Waals surface area contributed by atoms with Crippen molar-refractivity contribution >= 4 is 5.82 Å². The van der Waals surface area contributed by atoms with Crippen molar-refractivity contribution in [3.05, 3.63) is 24.5 Å². The lowest BCUT2D eigenvalue weighted by molar-refractivity contribution is -0.158. The number of nitrogens with two attached hydrogens (primary N) is 1. The fourth-order valence-electron chi connectivity index (χ4n) is 3.82. The smallest absolute Gasteiger partial charge is 0.395 e. The average molecular weight is 421 g/mol. The molecule has 2 aliphatic heterocycles. The van der Waals surface area contributed by atoms with E-state index in [9.17, 15) is 8.78 Å². The van der Waals surface area contributed by atoms with Gasteiger partial charge in [0.25, 0.3) is 0 Å². The van der Waals surface area contributed by atoms with Crippen LogP contribution in [0.15, 0.2) is 24.5 Å². The summed E-state index contributed by atoms with van der Waals surface area (Å²) in [5.74, 6) is 1.92. The van der Waals surface area contributed by atoms with Gasteiger partial charge in [-0.05, 0) is 44.2 Å². The molecule has 3 fully saturated rings. The third-order valence-corrected chi connectivity index (χ3v) is 5.75. The van der Waals surface area contributed by atoms with Crippen LogP contribution in [0.5, 0.6) is 5.75 Å². The lowest BCUT2D eigenvalue weighted by Gasteiger charge is -2.35. The van der Waals surface area contributed by atoms with Crippen molar-refractivity contribution in [3.8, 4) is 17.0 Å². The maximum atomic E-state index is 12.9. The van der Waals surface area contributed by atoms with Gasteiger partial charge < -0.3 is 15.2 Å². The molecule has 0 aromatic carbocycles. The van der Waals surface area contributed by atoms with Crippen LogP contribution in [0.2, 0.25) is 0 Å². The highest BCUT2D eigenvalue weighted by atomic mass is 19.3. The first-order chi connectivity index (χ1) is 14.2. The normalized spacial score (nSPS) is 23.5. The first kappa shape index (κ1) is 21.0. The van der Waals surface area contributed by atoms with Crippen molar-refractivity contribution in [2.45, 2.75) is 45.4 Å². The van der Waals surface area contributed by atoms with E-state index < -0.39 is 6.11 Å². The van der Waals surface area contributed by atoms with Gasteiger partial charge in [-0.25, -0.2) is 4.98 Å². The number of nitrogens with zero attached hydrogens (tertiary/aromatic N) is 4. The van der Waals surface area contributed by atoms with Crippen LogP contribution in [0.4, 0.5) is 14.6 Å². The summed E-state index contributed by atoms with van der Waals surface area (Å²) in [6, 6.07) is 4.20. The summed E-state index contributed by atoms with van der Waals surface area (Å²) in [5, 5.41) is 4.34. The van der Waals surface area contributed by atoms with Crippen molar-refractivity contribution in [1.29, 1.82) is 0 Å². The van der Waals surface area contributed by atoms with Gasteiger partial charge in [0, 0.05) is 44.0 Å². The second kappa shape index (κ2) is 8.11. The Bertz CT molecular complexity index is 869. The SMILES string of the molecule is C1C2CN(C3COC3)CC12.CC(C)n1ccc(-c2cnc(N)c(OC(C)(F)F)c2)n1. The molecule has 4 heterocycles. The van der Waals surface area contributed by atoms with Gasteiger partial charge in [-0.1, -0.05) is 0 Å². The van der Waals surface area contributed by atoms with Gasteiger partial charge in [0.15, 0.2) is 11.6 Å². The molecule has 9 heteroatoms. The Labute approximate surface area is 175 Å². The number of aromatic nitrogens is 3. The fourth-order valence-corrected chi connectivity index (χ4v) is 3.82. The topological polar surface area (TPSA) is 78.4 Å². The Morgan fingerprint density at radius 3 is 2.50 bits per heavy atom. The van der Waals surface area contributed by atoms with E-state index in [0.717, 1.165) is 31.1 Å². The quantitative estimate of drug-likeness (QED) is 0.797. The van der Waals surface area contributed by atoms with Gasteiger partial charge in [0.05, 0.1) is 24.9 Å². The average Bonchev–Trinajstić information content (AvgIpc) is 3.04. The molecule has 2 aromatic heterocycles. The number of hydrogen-bond acceptors (Lipinski definition) is 6. The van der Waals surface area contributed by atoms with Crippen LogP contribution in [-0.2, 0) is 4.74 Å². The molecule has 30 heavy (non-hydrogen) atoms. The van der Waals surface area contributed by atoms with Crippen LogP contribution < -0.4 is 10.5 Å². The molecule has 2 unspecified atom stereocenters. The number of halogens is 2. The van der Waals surface area contributed by atoms with Crippen LogP contribution in [-0.4, -0.2) is 58.1 Å². The maximum Gasteiger partial charge on any atom is 0.395 e. The molecule has 7 nitrogen and oxygen atoms in total. The minimum atomic E-state index is -3.31. The summed E-state index contributed by atoms with van der Waals surface area (Å²) in [7, 11) is 0. The molecular formula is C21H29F2N5O2. The van der Waals surface area contributed by atoms with E-state index in [4.69, 9.17) is 10.5 Å². The third-order valence-electron chi connectivity index (χ3n) is 5.75. The van der Waals surface area contributed by atoms with Crippen molar-refractivity contribution in [2.24, 2.45) is 11.8 Å². The summed E-state index contributed by atoms with van der Waals surface area (Å²) in [5.41, 5.74) is 6.72. The van der Waals surface area contributed by atoms with Gasteiger partial charge in [-0.15, -0.1) is 0 Å². The first-order valence-corrected chi connectivity index (χ1v) is 10.4. The Balaban J connectivity index is 0.000000178. The number of rotatable bonds is 5. The number of anilines is 1. The molecule has 2 aromatic rings. The van der Waals surface area contributed by atoms with Gasteiger partial charge in [0.1, 0.15) is 0 Å². The standard InChI is InChI=1S/C13H16F2N4O.C8H13NO/c1-8(2)19-5-4-10(18-19)9-6-11(12(16)17-7-9)20-13(3,14)15;1-6-2-9(3-7(1)6)8-4-10-5-8/h4-8H,1-3H3,(H2,16,17);6-8H,1-5H2. The predicted molar refractivity (Wildman–Crippen MR) is 109 cm³/mol. The van der Waals surface area contributed by atoms with Crippen LogP contribution in [0.1, 0.15) is 33.2 Å². The summed E-state index contributed by atoms with van der Waals surface area (Å²) in [6.07, 6.45) is 1.49. The monoisotopic (exact) mass is 421 g/mol. The molecule has 2 atom stereocenters. The highest BCUT2D eigenvalue weighted by Crippen LogP contribution is 2.45. The second-order valence-corrected chi connectivity index (χ2v) is 8.69. The number of alkyl halides is 2. The van der Waals surface area contributed by atoms with Gasteiger partial charge in [-0.2, -0.15) is 13.9 Å². The van der Waals surface area contributed by atoms with E-state index in [2.05, 4.69) is 19.7 Å². The van der Waals surface area contributed by atoms with Crippen LogP contribution in [0.25, 0.3) is 11.3 Å². The lowest BCUT2D eigenvalue weighted by Crippen LogP contribution is -2.48. The number of pyridine rings is 1. The van der Waals surface area contributed by atoms with Gasteiger partial charge in [-0.3, -0.25) is 9.58 Å². The first-order valence-electron chi connectivity index (χ1n) is 10.4. The molecule has 164 valence electrons. The highest BCUT2D eigenvalue weighted by molar-refractivity contribution is 5.63. The van der Waals surface area contributed by atoms with Crippen molar-refractivity contribution in [1.82, 2.24) is 19.7 Å². The lowest BCUT2D eigenvalue weighted by atomic mass is 10.2. The van der Waals surface area contributed by atoms with E-state index in [0.29, 0.717) is 18.2 Å². The second-order valence-electron chi connectivity index (χ2n) is 8.69. The van der Waals surface area contributed by atoms with Crippen molar-refractivity contribution < 1.29 is 18.3 Å². The Morgan fingerprint density at radius 2 is 1.97 bits per heavy atom. The van der Waals surface area contributed by atoms with Gasteiger partial charge >= 0.3 is 6.11 Å². The van der Waals surface area contributed by atoms with E-state index in [1.54, 1.807) is 10.7 Å². The zero-order chi connectivity index (χ0) is 21.5. The number of nitrogen functional groups attached to an aromatic ring is 1. The minimum absolute atomic E-state index is 0.0847. The van der Waals surface area contributed by atoms with E-state index in [1.807, 2.05) is 20.0 Å². The zero-order valence-electron chi connectivity index (χ0n) is 17.6. The van der Waals surface area contributed by atoms with E-state index in [1.165, 1.54) is 31.8 Å². The summed E-state index contributed by atoms with van der Waals surface area (Å²) in [4.78, 5) is 6.48. The molecule has 0 spiro atoms. The zero-order valence-corrected chi connectivity index (χ0v) is 17.6. The van der Waals surface area contributed by atoms with E-state index in [-0.39, 0.29) is 17.6 Å². The summed E-state index contributed by atoms with van der Waals surface area (Å²) < 4.78 is 37.2. The molecule has 0 bridgehead atoms. The summed E-state index contributed by atoms with van der Waals surface area (Å²) in [6.45, 7) is 9.37. The maximum absolute atomic E-state index is 12.9. The minimum Gasteiger partial charge on any atom is -0.429 e. The molecule has 3 aliphatic rings. The molecule has 0 amide bonds. The number of fused-ring (bicyclic) bond motifs is 1. The Morgan fingerprint density at radius 1 is 1.27 bits per heavy atom. The van der Waals surface area contributed by atoms with Gasteiger partial charge in [0.2, 0.25) is 0 Å². The largest absolute Gasteiger partial charge is 0.429 e. The molecule has 0 radical (unpaired) electrons. The highest BCUT2D eigenvalue weighted by Gasteiger charge is 2.47. The van der Waals surface area contributed by atoms with Crippen LogP contribution >= 0.6 is 0 Å². The number of piperidine rings is 1. The number of ether oxygens (including phenoxy) is 2. The molecular weight excluding hydrogens is 392 g/mol. The molecule has 5 rings (SSSR count). The number of likely N-dealkylation sites (tertiary alicyclic amines) is 1. The Kier molecular flexibility index (Phi) is 5.67. The fraction of sp³-hybridized carbons (Fsp3) is 0.619. The Hall–Kier alpha value is -2.26. The number of hydrogen-bond donors (Lipinski definition) is 1. The van der Waals surface area contributed by atoms with Crippen LogP contribution in [0, 0.1) is 11.8 Å². The predicted octanol–water partition coefficient (Wildman–Crippen LogP) is 3.44. The van der Waals surface area contributed by atoms with E-state index >= 15 is 0 Å². The molecule has 1 saturated carbocycles. The molecule has 1 aliphatic carbocycles. The van der Waals surface area contributed by atoms with Crippen LogP contribution in [0.3, 0.4) is 0 Å². The van der Waals surface area contributed by atoms with Crippen molar-refractivity contribution in [2.75, 3.05) is 32.0 Å². The third kappa shape index (κ3) is 4.89.